The molecule has 4 rings (SSSR count). The van der Waals surface area contributed by atoms with E-state index in [-0.39, 0.29) is 11.8 Å². The maximum absolute atomic E-state index is 13.0. The van der Waals surface area contributed by atoms with E-state index >= 15 is 0 Å². The molecule has 1 fully saturated rings. The van der Waals surface area contributed by atoms with Gasteiger partial charge < -0.3 is 4.90 Å². The van der Waals surface area contributed by atoms with Gasteiger partial charge in [0.05, 0.1) is 16.2 Å². The van der Waals surface area contributed by atoms with Crippen LogP contribution in [0, 0.1) is 0 Å². The average molecular weight is 382 g/mol. The predicted octanol–water partition coefficient (Wildman–Crippen LogP) is 3.28. The molecule has 0 unspecified atom stereocenters. The number of para-hydroxylation sites is 1. The number of aromatic nitrogens is 1. The Morgan fingerprint density at radius 1 is 1.27 bits per heavy atom. The summed E-state index contributed by atoms with van der Waals surface area (Å²) in [5.41, 5.74) is 2.00. The van der Waals surface area contributed by atoms with Crippen LogP contribution < -0.4 is 4.90 Å². The van der Waals surface area contributed by atoms with Gasteiger partial charge in [0, 0.05) is 30.7 Å². The number of thioether (sulfide) groups is 1. The molecule has 2 aliphatic heterocycles. The smallest absolute Gasteiger partial charge is 0.267 e. The third-order valence-electron chi connectivity index (χ3n) is 4.07. The van der Waals surface area contributed by atoms with Crippen LogP contribution in [0.15, 0.2) is 58.4 Å². The van der Waals surface area contributed by atoms with Crippen molar-refractivity contribution in [2.75, 3.05) is 18.5 Å². The van der Waals surface area contributed by atoms with Gasteiger partial charge in [0.15, 0.2) is 5.17 Å². The lowest BCUT2D eigenvalue weighted by atomic mass is 10.1. The molecular weight excluding hydrogens is 368 g/mol. The number of benzene rings is 1. The van der Waals surface area contributed by atoms with Crippen molar-refractivity contribution in [3.05, 3.63) is 59.0 Å². The second-order valence-electron chi connectivity index (χ2n) is 5.60. The molecule has 3 heterocycles. The van der Waals surface area contributed by atoms with E-state index in [2.05, 4.69) is 16.6 Å². The molecule has 0 spiro atoms. The number of fused-ring (bicyclic) bond motifs is 1. The zero-order chi connectivity index (χ0) is 18.3. The molecule has 1 aromatic carbocycles. The second-order valence-corrected chi connectivity index (χ2v) is 7.45. The van der Waals surface area contributed by atoms with Crippen LogP contribution in [0.1, 0.15) is 5.56 Å². The number of anilines is 1. The van der Waals surface area contributed by atoms with Crippen LogP contribution in [0.25, 0.3) is 5.57 Å². The lowest BCUT2D eigenvalue weighted by Gasteiger charge is -2.12. The molecule has 0 N–H and O–H groups in total. The quantitative estimate of drug-likeness (QED) is 0.604. The highest BCUT2D eigenvalue weighted by Gasteiger charge is 2.41. The van der Waals surface area contributed by atoms with E-state index in [4.69, 9.17) is 0 Å². The number of likely N-dealkylation sites (N-methyl/N-ethyl adjacent to an activating group) is 1. The summed E-state index contributed by atoms with van der Waals surface area (Å²) < 4.78 is 0. The number of thiazole rings is 1. The molecule has 2 amide bonds. The van der Waals surface area contributed by atoms with Crippen molar-refractivity contribution < 1.29 is 9.59 Å². The zero-order valence-corrected chi connectivity index (χ0v) is 15.5. The first-order valence-electron chi connectivity index (χ1n) is 7.82. The topological polar surface area (TPSA) is 65.9 Å². The molecule has 1 saturated heterocycles. The first kappa shape index (κ1) is 16.7. The number of carbonyl (C=O) groups excluding carboxylic acids is 2. The van der Waals surface area contributed by atoms with Gasteiger partial charge in [-0.1, -0.05) is 24.3 Å². The van der Waals surface area contributed by atoms with Crippen LogP contribution in [0.3, 0.4) is 0 Å². The first-order chi connectivity index (χ1) is 12.6. The Bertz CT molecular complexity index is 979. The Morgan fingerprint density at radius 2 is 2.08 bits per heavy atom. The Morgan fingerprint density at radius 3 is 2.81 bits per heavy atom. The predicted molar refractivity (Wildman–Crippen MR) is 105 cm³/mol. The standard InChI is InChI=1S/C18H14N4O2S2/c1-3-9-22-16(24)14(26-18(22)20-17-19-8-10-25-17)13-11-6-4-5-7-12(11)21(2)15(13)23/h3-8,10H,1,9H2,2H3/b14-13-,20-18?. The third kappa shape index (κ3) is 2.58. The number of amidine groups is 1. The van der Waals surface area contributed by atoms with E-state index < -0.39 is 0 Å². The highest BCUT2D eigenvalue weighted by Crippen LogP contribution is 2.44. The van der Waals surface area contributed by atoms with Gasteiger partial charge in [-0.25, -0.2) is 4.98 Å². The SMILES string of the molecule is C=CCN1C(=O)/C(=C2/C(=O)N(C)c3ccccc32)SC1=Nc1nccs1. The minimum Gasteiger partial charge on any atom is -0.311 e. The molecule has 0 radical (unpaired) electrons. The summed E-state index contributed by atoms with van der Waals surface area (Å²) in [6, 6.07) is 7.47. The molecule has 2 aliphatic rings. The minimum atomic E-state index is -0.237. The lowest BCUT2D eigenvalue weighted by Crippen LogP contribution is -2.29. The summed E-state index contributed by atoms with van der Waals surface area (Å²) in [6.45, 7) is 4.03. The fourth-order valence-corrected chi connectivity index (χ4v) is 4.51. The van der Waals surface area contributed by atoms with Crippen molar-refractivity contribution in [3.63, 3.8) is 0 Å². The van der Waals surface area contributed by atoms with Crippen molar-refractivity contribution >= 4 is 56.5 Å². The van der Waals surface area contributed by atoms with Gasteiger partial charge in [-0.2, -0.15) is 4.99 Å². The normalized spacial score (nSPS) is 21.0. The largest absolute Gasteiger partial charge is 0.311 e. The molecule has 8 heteroatoms. The molecular formula is C18H14N4O2S2. The monoisotopic (exact) mass is 382 g/mol. The van der Waals surface area contributed by atoms with E-state index in [1.807, 2.05) is 29.6 Å². The average Bonchev–Trinajstić information content (AvgIpc) is 3.32. The van der Waals surface area contributed by atoms with E-state index in [0.29, 0.717) is 27.3 Å². The first-order valence-corrected chi connectivity index (χ1v) is 9.52. The van der Waals surface area contributed by atoms with Crippen LogP contribution in [0.2, 0.25) is 0 Å². The van der Waals surface area contributed by atoms with Crippen LogP contribution in [0.4, 0.5) is 10.8 Å². The molecule has 130 valence electrons. The number of carbonyl (C=O) groups is 2. The lowest BCUT2D eigenvalue weighted by molar-refractivity contribution is -0.122. The van der Waals surface area contributed by atoms with Crippen molar-refractivity contribution in [3.8, 4) is 0 Å². The highest BCUT2D eigenvalue weighted by molar-refractivity contribution is 8.18. The summed E-state index contributed by atoms with van der Waals surface area (Å²) in [5.74, 6) is -0.422. The minimum absolute atomic E-state index is 0.184. The molecule has 0 saturated carbocycles. The van der Waals surface area contributed by atoms with E-state index in [1.54, 1.807) is 24.2 Å². The fraction of sp³-hybridized carbons (Fsp3) is 0.111. The molecule has 26 heavy (non-hydrogen) atoms. The van der Waals surface area contributed by atoms with Gasteiger partial charge in [-0.15, -0.1) is 17.9 Å². The van der Waals surface area contributed by atoms with Crippen molar-refractivity contribution in [2.45, 2.75) is 0 Å². The number of hydrogen-bond acceptors (Lipinski definition) is 6. The van der Waals surface area contributed by atoms with Crippen molar-refractivity contribution in [2.24, 2.45) is 4.99 Å². The van der Waals surface area contributed by atoms with Crippen LogP contribution in [-0.2, 0) is 9.59 Å². The van der Waals surface area contributed by atoms with Gasteiger partial charge in [0.1, 0.15) is 0 Å². The number of aliphatic imine (C=N–C) groups is 1. The maximum atomic E-state index is 13.0. The van der Waals surface area contributed by atoms with Gasteiger partial charge in [0.25, 0.3) is 11.8 Å². The van der Waals surface area contributed by atoms with Crippen LogP contribution in [-0.4, -0.2) is 40.5 Å². The molecule has 1 aromatic heterocycles. The zero-order valence-electron chi connectivity index (χ0n) is 13.9. The van der Waals surface area contributed by atoms with Gasteiger partial charge in [-0.3, -0.25) is 14.5 Å². The van der Waals surface area contributed by atoms with Gasteiger partial charge in [-0.05, 0) is 17.8 Å². The number of hydrogen-bond donors (Lipinski definition) is 0. The van der Waals surface area contributed by atoms with Crippen molar-refractivity contribution in [1.29, 1.82) is 0 Å². The number of rotatable bonds is 3. The summed E-state index contributed by atoms with van der Waals surface area (Å²) >= 11 is 2.60. The fourth-order valence-electron chi connectivity index (χ4n) is 2.87. The summed E-state index contributed by atoms with van der Waals surface area (Å²) in [7, 11) is 1.71. The van der Waals surface area contributed by atoms with Crippen LogP contribution in [0.5, 0.6) is 0 Å². The number of amides is 2. The van der Waals surface area contributed by atoms with Crippen LogP contribution >= 0.6 is 23.1 Å². The molecule has 6 nitrogen and oxygen atoms in total. The number of nitrogens with zero attached hydrogens (tertiary/aromatic N) is 4. The van der Waals surface area contributed by atoms with Crippen molar-refractivity contribution in [1.82, 2.24) is 9.88 Å². The Balaban J connectivity index is 1.85. The van der Waals surface area contributed by atoms with Gasteiger partial charge in [0.2, 0.25) is 5.13 Å². The summed E-state index contributed by atoms with van der Waals surface area (Å²) in [6.07, 6.45) is 3.30. The highest BCUT2D eigenvalue weighted by atomic mass is 32.2. The molecule has 0 atom stereocenters. The molecule has 0 bridgehead atoms. The summed E-state index contributed by atoms with van der Waals surface area (Å²) in [4.78, 5) is 37.9. The Kier molecular flexibility index (Phi) is 4.21. The maximum Gasteiger partial charge on any atom is 0.267 e. The van der Waals surface area contributed by atoms with E-state index in [9.17, 15) is 9.59 Å². The Hall–Kier alpha value is -2.71. The second kappa shape index (κ2) is 6.54. The van der Waals surface area contributed by atoms with Gasteiger partial charge >= 0.3 is 0 Å². The molecule has 0 aliphatic carbocycles. The van der Waals surface area contributed by atoms with E-state index in [0.717, 1.165) is 11.3 Å². The third-order valence-corrected chi connectivity index (χ3v) is 5.81. The molecule has 2 aromatic rings. The Labute approximate surface area is 158 Å². The summed E-state index contributed by atoms with van der Waals surface area (Å²) in [5, 5.41) is 2.90. The van der Waals surface area contributed by atoms with E-state index in [1.165, 1.54) is 28.0 Å².